The first-order valence-electron chi connectivity index (χ1n) is 4.43. The van der Waals surface area contributed by atoms with Crippen LogP contribution in [0.25, 0.3) is 11.4 Å². The highest BCUT2D eigenvalue weighted by atomic mass is 19.1. The van der Waals surface area contributed by atoms with E-state index in [1.807, 2.05) is 0 Å². The third-order valence-electron chi connectivity index (χ3n) is 2.00. The van der Waals surface area contributed by atoms with Crippen LogP contribution in [-0.4, -0.2) is 16.3 Å². The molecule has 0 fully saturated rings. The maximum absolute atomic E-state index is 13.0. The van der Waals surface area contributed by atoms with E-state index in [2.05, 4.69) is 9.97 Å². The molecule has 0 saturated heterocycles. The summed E-state index contributed by atoms with van der Waals surface area (Å²) in [5.41, 5.74) is 0.383. The normalized spacial score (nSPS) is 10.1. The zero-order chi connectivity index (χ0) is 11.5. The lowest BCUT2D eigenvalue weighted by Gasteiger charge is -2.01. The van der Waals surface area contributed by atoms with Gasteiger partial charge in [-0.3, -0.25) is 4.79 Å². The molecule has 5 heteroatoms. The molecule has 0 atom stereocenters. The van der Waals surface area contributed by atoms with Gasteiger partial charge in [-0.25, -0.2) is 18.7 Å². The number of hydrogen-bond acceptors (Lipinski definition) is 3. The van der Waals surface area contributed by atoms with Gasteiger partial charge in [-0.2, -0.15) is 0 Å². The van der Waals surface area contributed by atoms with E-state index >= 15 is 0 Å². The standard InChI is InChI=1S/C11H6F2N2O/c12-9-4-14-11(15-5-9)7-1-2-10(13)8(3-7)6-16/h1-6H. The average molecular weight is 220 g/mol. The number of carbonyl (C=O) groups is 1. The Bertz CT molecular complexity index is 526. The van der Waals surface area contributed by atoms with Crippen LogP contribution in [0, 0.1) is 11.6 Å². The summed E-state index contributed by atoms with van der Waals surface area (Å²) in [6, 6.07) is 3.89. The number of benzene rings is 1. The van der Waals surface area contributed by atoms with Crippen LogP contribution in [0.15, 0.2) is 30.6 Å². The highest BCUT2D eigenvalue weighted by Gasteiger charge is 2.06. The number of aromatic nitrogens is 2. The van der Waals surface area contributed by atoms with E-state index in [9.17, 15) is 13.6 Å². The highest BCUT2D eigenvalue weighted by molar-refractivity contribution is 5.78. The van der Waals surface area contributed by atoms with Crippen molar-refractivity contribution in [2.45, 2.75) is 0 Å². The topological polar surface area (TPSA) is 42.9 Å². The molecule has 16 heavy (non-hydrogen) atoms. The molecule has 1 heterocycles. The predicted octanol–water partition coefficient (Wildman–Crippen LogP) is 2.23. The number of carbonyl (C=O) groups excluding carboxylic acids is 1. The van der Waals surface area contributed by atoms with Crippen LogP contribution in [-0.2, 0) is 0 Å². The number of hydrogen-bond donors (Lipinski definition) is 0. The van der Waals surface area contributed by atoms with Gasteiger partial charge in [-0.15, -0.1) is 0 Å². The van der Waals surface area contributed by atoms with Gasteiger partial charge < -0.3 is 0 Å². The largest absolute Gasteiger partial charge is 0.298 e. The number of rotatable bonds is 2. The third-order valence-corrected chi connectivity index (χ3v) is 2.00. The Morgan fingerprint density at radius 2 is 1.81 bits per heavy atom. The van der Waals surface area contributed by atoms with Crippen LogP contribution in [0.2, 0.25) is 0 Å². The highest BCUT2D eigenvalue weighted by Crippen LogP contribution is 2.17. The van der Waals surface area contributed by atoms with Crippen LogP contribution in [0.1, 0.15) is 10.4 Å². The molecule has 0 radical (unpaired) electrons. The molecule has 3 nitrogen and oxygen atoms in total. The summed E-state index contributed by atoms with van der Waals surface area (Å²) >= 11 is 0. The van der Waals surface area contributed by atoms with Gasteiger partial charge in [0.25, 0.3) is 0 Å². The lowest BCUT2D eigenvalue weighted by atomic mass is 10.1. The fourth-order valence-corrected chi connectivity index (χ4v) is 1.23. The molecule has 0 amide bonds. The van der Waals surface area contributed by atoms with Gasteiger partial charge in [-0.1, -0.05) is 0 Å². The van der Waals surface area contributed by atoms with Crippen molar-refractivity contribution in [1.29, 1.82) is 0 Å². The van der Waals surface area contributed by atoms with E-state index in [1.165, 1.54) is 12.1 Å². The van der Waals surface area contributed by atoms with Gasteiger partial charge in [0.1, 0.15) is 5.82 Å². The Hall–Kier alpha value is -2.17. The fourth-order valence-electron chi connectivity index (χ4n) is 1.23. The van der Waals surface area contributed by atoms with E-state index in [0.29, 0.717) is 11.8 Å². The number of nitrogens with zero attached hydrogens (tertiary/aromatic N) is 2. The van der Waals surface area contributed by atoms with Crippen molar-refractivity contribution in [2.24, 2.45) is 0 Å². The van der Waals surface area contributed by atoms with Gasteiger partial charge in [0.15, 0.2) is 17.9 Å². The quantitative estimate of drug-likeness (QED) is 0.729. The van der Waals surface area contributed by atoms with Crippen LogP contribution >= 0.6 is 0 Å². The lowest BCUT2D eigenvalue weighted by Crippen LogP contribution is -1.93. The van der Waals surface area contributed by atoms with Crippen molar-refractivity contribution in [3.05, 3.63) is 47.8 Å². The second-order valence-corrected chi connectivity index (χ2v) is 3.08. The van der Waals surface area contributed by atoms with E-state index in [1.54, 1.807) is 0 Å². The van der Waals surface area contributed by atoms with Crippen molar-refractivity contribution in [3.63, 3.8) is 0 Å². The van der Waals surface area contributed by atoms with Crippen molar-refractivity contribution < 1.29 is 13.6 Å². The van der Waals surface area contributed by atoms with E-state index in [0.717, 1.165) is 18.5 Å². The van der Waals surface area contributed by atoms with Crippen molar-refractivity contribution in [1.82, 2.24) is 9.97 Å². The van der Waals surface area contributed by atoms with Crippen molar-refractivity contribution >= 4 is 6.29 Å². The monoisotopic (exact) mass is 220 g/mol. The van der Waals surface area contributed by atoms with Gasteiger partial charge in [0.05, 0.1) is 18.0 Å². The Labute approximate surface area is 89.8 Å². The minimum Gasteiger partial charge on any atom is -0.298 e. The molecule has 0 aliphatic heterocycles. The summed E-state index contributed by atoms with van der Waals surface area (Å²) in [6.45, 7) is 0. The van der Waals surface area contributed by atoms with Crippen LogP contribution in [0.5, 0.6) is 0 Å². The average Bonchev–Trinajstić information content (AvgIpc) is 2.31. The zero-order valence-electron chi connectivity index (χ0n) is 8.02. The van der Waals surface area contributed by atoms with Gasteiger partial charge >= 0.3 is 0 Å². The van der Waals surface area contributed by atoms with Gasteiger partial charge in [0.2, 0.25) is 0 Å². The molecular weight excluding hydrogens is 214 g/mol. The van der Waals surface area contributed by atoms with Crippen molar-refractivity contribution in [3.8, 4) is 11.4 Å². The molecule has 0 spiro atoms. The van der Waals surface area contributed by atoms with Gasteiger partial charge in [-0.05, 0) is 18.2 Å². The second-order valence-electron chi connectivity index (χ2n) is 3.08. The van der Waals surface area contributed by atoms with Crippen LogP contribution in [0.4, 0.5) is 8.78 Å². The minimum atomic E-state index is -0.610. The molecule has 0 saturated carbocycles. The number of halogens is 2. The Morgan fingerprint density at radius 1 is 1.12 bits per heavy atom. The zero-order valence-corrected chi connectivity index (χ0v) is 8.02. The molecular formula is C11H6F2N2O. The Morgan fingerprint density at radius 3 is 2.44 bits per heavy atom. The summed E-state index contributed by atoms with van der Waals surface area (Å²) in [5.74, 6) is -0.924. The maximum Gasteiger partial charge on any atom is 0.159 e. The smallest absolute Gasteiger partial charge is 0.159 e. The van der Waals surface area contributed by atoms with E-state index < -0.39 is 11.6 Å². The maximum atomic E-state index is 13.0. The lowest BCUT2D eigenvalue weighted by molar-refractivity contribution is 0.112. The first kappa shape index (κ1) is 10.4. The first-order chi connectivity index (χ1) is 7.70. The molecule has 0 unspecified atom stereocenters. The Balaban J connectivity index is 2.48. The summed E-state index contributed by atoms with van der Waals surface area (Å²) < 4.78 is 25.6. The summed E-state index contributed by atoms with van der Waals surface area (Å²) in [7, 11) is 0. The van der Waals surface area contributed by atoms with Crippen LogP contribution < -0.4 is 0 Å². The molecule has 1 aromatic carbocycles. The molecule has 0 N–H and O–H groups in total. The Kier molecular flexibility index (Phi) is 2.68. The SMILES string of the molecule is O=Cc1cc(-c2ncc(F)cn2)ccc1F. The predicted molar refractivity (Wildman–Crippen MR) is 52.8 cm³/mol. The minimum absolute atomic E-state index is 0.0783. The molecule has 0 bridgehead atoms. The van der Waals surface area contributed by atoms with Crippen molar-refractivity contribution in [2.75, 3.05) is 0 Å². The van der Waals surface area contributed by atoms with Crippen LogP contribution in [0.3, 0.4) is 0 Å². The summed E-state index contributed by atoms with van der Waals surface area (Å²) in [4.78, 5) is 18.0. The second kappa shape index (κ2) is 4.14. The van der Waals surface area contributed by atoms with E-state index in [-0.39, 0.29) is 11.4 Å². The van der Waals surface area contributed by atoms with E-state index in [4.69, 9.17) is 0 Å². The molecule has 80 valence electrons. The summed E-state index contributed by atoms with van der Waals surface area (Å²) in [6.07, 6.45) is 2.42. The molecule has 2 rings (SSSR count). The first-order valence-corrected chi connectivity index (χ1v) is 4.43. The number of aldehydes is 1. The summed E-state index contributed by atoms with van der Waals surface area (Å²) in [5, 5.41) is 0. The third kappa shape index (κ3) is 1.93. The molecule has 1 aromatic heterocycles. The molecule has 0 aliphatic rings. The van der Waals surface area contributed by atoms with Gasteiger partial charge in [0, 0.05) is 5.56 Å². The fraction of sp³-hybridized carbons (Fsp3) is 0. The molecule has 0 aliphatic carbocycles. The molecule has 2 aromatic rings.